The first-order chi connectivity index (χ1) is 22.9. The van der Waals surface area contributed by atoms with E-state index in [2.05, 4.69) is 34.9 Å². The maximum absolute atomic E-state index is 13.1. The lowest BCUT2D eigenvalue weighted by Crippen LogP contribution is -2.33. The molecular formula is C35H37N9O3. The highest BCUT2D eigenvalue weighted by molar-refractivity contribution is 5.79. The number of hydrogen-bond acceptors (Lipinski definition) is 8. The van der Waals surface area contributed by atoms with Gasteiger partial charge in [0.15, 0.2) is 5.82 Å². The Morgan fingerprint density at radius 1 is 0.787 bits per heavy atom. The number of hydrogen-bond donors (Lipinski definition) is 2. The molecule has 12 heteroatoms. The molecule has 4 aromatic heterocycles. The van der Waals surface area contributed by atoms with E-state index < -0.39 is 0 Å². The summed E-state index contributed by atoms with van der Waals surface area (Å²) in [6, 6.07) is 11.5. The Morgan fingerprint density at radius 3 is 2.04 bits per heavy atom. The zero-order valence-electron chi connectivity index (χ0n) is 26.5. The molecule has 2 fully saturated rings. The lowest BCUT2D eigenvalue weighted by molar-refractivity contribution is -0.131. The van der Waals surface area contributed by atoms with Gasteiger partial charge >= 0.3 is 6.09 Å². The summed E-state index contributed by atoms with van der Waals surface area (Å²) in [5.41, 5.74) is 5.27. The highest BCUT2D eigenvalue weighted by atomic mass is 16.6. The standard InChI is InChI=1S/C35H37N9O3/c1-22(2)47-35(46)44-15-5-8-30(44)34-39-20-27(41-34)24-9-11-25(12-10-24)32-37-18-26(19-38-32)28-21-40-33(42-28)29-7-4-14-43(29)31(45)16-23-6-3-13-36-17-23/h3,6,9-13,17-22,29-30H,4-5,7-8,14-16H2,1-2H3,(H,39,41)(H,40,42)/t29-,30-/m0/s1. The number of rotatable bonds is 8. The van der Waals surface area contributed by atoms with Crippen molar-refractivity contribution >= 4 is 12.0 Å². The molecule has 1 aromatic carbocycles. The average Bonchev–Trinajstić information content (AvgIpc) is 3.91. The van der Waals surface area contributed by atoms with Gasteiger partial charge in [0.25, 0.3) is 0 Å². The second-order valence-corrected chi connectivity index (χ2v) is 12.3. The Bertz CT molecular complexity index is 1830. The van der Waals surface area contributed by atoms with Gasteiger partial charge in [0, 0.05) is 49.0 Å². The number of pyridine rings is 1. The maximum atomic E-state index is 13.1. The lowest BCUT2D eigenvalue weighted by atomic mass is 10.1. The number of H-pyrrole nitrogens is 2. The molecule has 12 nitrogen and oxygen atoms in total. The van der Waals surface area contributed by atoms with Crippen LogP contribution >= 0.6 is 0 Å². The van der Waals surface area contributed by atoms with Gasteiger partial charge in [-0.2, -0.15) is 0 Å². The van der Waals surface area contributed by atoms with Gasteiger partial charge < -0.3 is 19.6 Å². The number of amides is 2. The van der Waals surface area contributed by atoms with E-state index in [1.165, 1.54) is 0 Å². The molecule has 0 saturated carbocycles. The number of likely N-dealkylation sites (tertiary alicyclic amines) is 2. The summed E-state index contributed by atoms with van der Waals surface area (Å²) in [5.74, 6) is 2.22. The molecule has 6 heterocycles. The topological polar surface area (TPSA) is 146 Å². The molecule has 0 unspecified atom stereocenters. The van der Waals surface area contributed by atoms with Gasteiger partial charge in [0.05, 0.1) is 48.4 Å². The number of aromatic amines is 2. The van der Waals surface area contributed by atoms with Gasteiger partial charge in [0.2, 0.25) is 5.91 Å². The Balaban J connectivity index is 1.00. The van der Waals surface area contributed by atoms with Crippen LogP contribution in [0.3, 0.4) is 0 Å². The monoisotopic (exact) mass is 631 g/mol. The van der Waals surface area contributed by atoms with Crippen LogP contribution in [0.1, 0.15) is 68.8 Å². The zero-order valence-corrected chi connectivity index (χ0v) is 26.5. The number of nitrogens with one attached hydrogen (secondary N) is 2. The summed E-state index contributed by atoms with van der Waals surface area (Å²) in [4.78, 5) is 58.8. The van der Waals surface area contributed by atoms with Crippen LogP contribution in [0.5, 0.6) is 0 Å². The van der Waals surface area contributed by atoms with Crippen LogP contribution in [0.15, 0.2) is 73.6 Å². The molecule has 2 aliphatic heterocycles. The summed E-state index contributed by atoms with van der Waals surface area (Å²) in [6.45, 7) is 5.09. The van der Waals surface area contributed by atoms with Gasteiger partial charge in [-0.3, -0.25) is 14.7 Å². The molecule has 2 aliphatic rings. The van der Waals surface area contributed by atoms with Crippen LogP contribution in [0.4, 0.5) is 4.79 Å². The van der Waals surface area contributed by atoms with Gasteiger partial charge in [-0.1, -0.05) is 30.3 Å². The largest absolute Gasteiger partial charge is 0.447 e. The Hall–Kier alpha value is -5.39. The number of benzene rings is 1. The first kappa shape index (κ1) is 30.3. The van der Waals surface area contributed by atoms with Crippen molar-refractivity contribution in [2.24, 2.45) is 0 Å². The fourth-order valence-electron chi connectivity index (χ4n) is 6.39. The number of imidazole rings is 2. The van der Waals surface area contributed by atoms with E-state index in [9.17, 15) is 9.59 Å². The van der Waals surface area contributed by atoms with Crippen LogP contribution in [-0.2, 0) is 16.0 Å². The lowest BCUT2D eigenvalue weighted by Gasteiger charge is -2.23. The second kappa shape index (κ2) is 13.1. The third-order valence-corrected chi connectivity index (χ3v) is 8.71. The van der Waals surface area contributed by atoms with Crippen molar-refractivity contribution in [3.05, 3.63) is 90.8 Å². The third-order valence-electron chi connectivity index (χ3n) is 8.71. The van der Waals surface area contributed by atoms with Crippen LogP contribution in [0, 0.1) is 0 Å². The second-order valence-electron chi connectivity index (χ2n) is 12.3. The van der Waals surface area contributed by atoms with Crippen molar-refractivity contribution < 1.29 is 14.3 Å². The average molecular weight is 632 g/mol. The Labute approximate surface area is 272 Å². The van der Waals surface area contributed by atoms with E-state index in [1.54, 1.807) is 42.1 Å². The summed E-state index contributed by atoms with van der Waals surface area (Å²) >= 11 is 0. The fourth-order valence-corrected chi connectivity index (χ4v) is 6.39. The Kier molecular flexibility index (Phi) is 8.47. The molecule has 0 spiro atoms. The minimum absolute atomic E-state index is 0.0780. The molecule has 7 rings (SSSR count). The minimum Gasteiger partial charge on any atom is -0.447 e. The predicted octanol–water partition coefficient (Wildman–Crippen LogP) is 5.91. The quantitative estimate of drug-likeness (QED) is 0.215. The number of nitrogens with zero attached hydrogens (tertiary/aromatic N) is 7. The summed E-state index contributed by atoms with van der Waals surface area (Å²) in [6.07, 6.45) is 14.0. The van der Waals surface area contributed by atoms with Crippen LogP contribution in [-0.4, -0.2) is 75.9 Å². The van der Waals surface area contributed by atoms with E-state index in [4.69, 9.17) is 4.74 Å². The van der Waals surface area contributed by atoms with Gasteiger partial charge in [0.1, 0.15) is 11.6 Å². The summed E-state index contributed by atoms with van der Waals surface area (Å²) in [7, 11) is 0. The molecule has 0 aliphatic carbocycles. The number of ether oxygens (including phenoxy) is 1. The van der Waals surface area contributed by atoms with E-state index in [0.717, 1.165) is 71.0 Å². The van der Waals surface area contributed by atoms with Crippen molar-refractivity contribution in [1.29, 1.82) is 0 Å². The SMILES string of the molecule is CC(C)OC(=O)N1CCC[C@H]1c1ncc(-c2ccc(-c3ncc(-c4cnc([C@@H]5CCCN5C(=O)Cc5cccnc5)[nH]4)cn3)cc2)[nH]1. The first-order valence-corrected chi connectivity index (χ1v) is 16.1. The summed E-state index contributed by atoms with van der Waals surface area (Å²) in [5, 5.41) is 0. The predicted molar refractivity (Wildman–Crippen MR) is 175 cm³/mol. The van der Waals surface area contributed by atoms with Crippen LogP contribution in [0.25, 0.3) is 33.9 Å². The number of carbonyl (C=O) groups is 2. The van der Waals surface area contributed by atoms with E-state index in [0.29, 0.717) is 25.3 Å². The van der Waals surface area contributed by atoms with Crippen molar-refractivity contribution in [1.82, 2.24) is 44.7 Å². The first-order valence-electron chi connectivity index (χ1n) is 16.1. The molecular weight excluding hydrogens is 594 g/mol. The minimum atomic E-state index is -0.298. The van der Waals surface area contributed by atoms with Crippen LogP contribution < -0.4 is 0 Å². The van der Waals surface area contributed by atoms with E-state index in [-0.39, 0.29) is 30.2 Å². The number of aromatic nitrogens is 7. The molecule has 2 N–H and O–H groups in total. The van der Waals surface area contributed by atoms with Crippen molar-refractivity contribution in [2.45, 2.75) is 64.1 Å². The zero-order chi connectivity index (χ0) is 32.3. The van der Waals surface area contributed by atoms with Crippen LogP contribution in [0.2, 0.25) is 0 Å². The van der Waals surface area contributed by atoms with Crippen molar-refractivity contribution in [3.63, 3.8) is 0 Å². The molecule has 2 amide bonds. The molecule has 47 heavy (non-hydrogen) atoms. The van der Waals surface area contributed by atoms with Crippen molar-refractivity contribution in [3.8, 4) is 33.9 Å². The highest BCUT2D eigenvalue weighted by Crippen LogP contribution is 2.34. The smallest absolute Gasteiger partial charge is 0.410 e. The molecule has 2 saturated heterocycles. The van der Waals surface area contributed by atoms with Gasteiger partial charge in [-0.05, 0) is 56.7 Å². The van der Waals surface area contributed by atoms with Crippen molar-refractivity contribution in [2.75, 3.05) is 13.1 Å². The molecule has 5 aromatic rings. The molecule has 240 valence electrons. The fraction of sp³-hybridized carbons (Fsp3) is 0.343. The summed E-state index contributed by atoms with van der Waals surface area (Å²) < 4.78 is 5.43. The molecule has 0 bridgehead atoms. The third kappa shape index (κ3) is 6.49. The normalized spacial score (nSPS) is 17.9. The number of carbonyl (C=O) groups excluding carboxylic acids is 2. The van der Waals surface area contributed by atoms with E-state index >= 15 is 0 Å². The highest BCUT2D eigenvalue weighted by Gasteiger charge is 2.34. The molecule has 0 radical (unpaired) electrons. The van der Waals surface area contributed by atoms with E-state index in [1.807, 2.05) is 55.1 Å². The Morgan fingerprint density at radius 2 is 1.40 bits per heavy atom. The van der Waals surface area contributed by atoms with Gasteiger partial charge in [-0.25, -0.2) is 24.7 Å². The maximum Gasteiger partial charge on any atom is 0.410 e. The van der Waals surface area contributed by atoms with Gasteiger partial charge in [-0.15, -0.1) is 0 Å². The molecule has 2 atom stereocenters.